The monoisotopic (exact) mass is 475 g/mol. The molecule has 4 rings (SSSR count). The molecule has 2 atom stereocenters. The Morgan fingerprint density at radius 1 is 1.29 bits per heavy atom. The van der Waals surface area contributed by atoms with Gasteiger partial charge in [-0.2, -0.15) is 4.68 Å². The van der Waals surface area contributed by atoms with E-state index in [4.69, 9.17) is 10.6 Å². The Morgan fingerprint density at radius 2 is 1.97 bits per heavy atom. The van der Waals surface area contributed by atoms with Crippen LogP contribution in [0.15, 0.2) is 15.7 Å². The van der Waals surface area contributed by atoms with Gasteiger partial charge in [-0.15, -0.1) is 0 Å². The molecule has 1 aliphatic heterocycles. The standard InChI is InChI=1S/C24H34FN5O4/c1-6-16-19-17(21(31)30(26)23(33)29(19)15-7-8-15)11-18(25)20(16)28-10-9-14(12-28)13(2)27-22(32)34-24(3,4)5/h11,13-15H,6-10,12,26H2,1-5H3,(H,27,32)/t13-,14+/m0/s1. The maximum absolute atomic E-state index is 15.5. The molecule has 1 saturated carbocycles. The van der Waals surface area contributed by atoms with Gasteiger partial charge in [-0.25, -0.2) is 14.0 Å². The molecule has 3 N–H and O–H groups in total. The van der Waals surface area contributed by atoms with Crippen LogP contribution < -0.4 is 27.3 Å². The van der Waals surface area contributed by atoms with E-state index in [-0.39, 0.29) is 23.4 Å². The lowest BCUT2D eigenvalue weighted by Gasteiger charge is -2.27. The van der Waals surface area contributed by atoms with Gasteiger partial charge in [0.05, 0.1) is 16.6 Å². The highest BCUT2D eigenvalue weighted by atomic mass is 19.1. The number of hydrogen-bond donors (Lipinski definition) is 2. The van der Waals surface area contributed by atoms with Crippen molar-refractivity contribution in [3.63, 3.8) is 0 Å². The highest BCUT2D eigenvalue weighted by molar-refractivity contribution is 5.87. The number of aromatic nitrogens is 2. The number of halogens is 1. The largest absolute Gasteiger partial charge is 0.444 e. The van der Waals surface area contributed by atoms with Crippen molar-refractivity contribution in [3.8, 4) is 0 Å². The fourth-order valence-corrected chi connectivity index (χ4v) is 4.91. The number of alkyl carbamates (subject to hydrolysis) is 1. The van der Waals surface area contributed by atoms with Gasteiger partial charge >= 0.3 is 11.8 Å². The molecule has 1 aliphatic carbocycles. The average molecular weight is 476 g/mol. The number of nitrogens with zero attached hydrogens (tertiary/aromatic N) is 3. The van der Waals surface area contributed by atoms with Gasteiger partial charge in [-0.1, -0.05) is 6.92 Å². The Hall–Kier alpha value is -3.04. The van der Waals surface area contributed by atoms with Crippen LogP contribution in [0.3, 0.4) is 0 Å². The van der Waals surface area contributed by atoms with E-state index in [1.807, 2.05) is 39.5 Å². The van der Waals surface area contributed by atoms with Crippen LogP contribution in [0.1, 0.15) is 65.5 Å². The first-order chi connectivity index (χ1) is 15.9. The van der Waals surface area contributed by atoms with Gasteiger partial charge in [-0.05, 0) is 65.4 Å². The maximum Gasteiger partial charge on any atom is 0.407 e. The van der Waals surface area contributed by atoms with Crippen molar-refractivity contribution in [2.45, 2.75) is 78.0 Å². The number of ether oxygens (including phenoxy) is 1. The molecule has 2 fully saturated rings. The molecule has 2 aromatic rings. The summed E-state index contributed by atoms with van der Waals surface area (Å²) in [6, 6.07) is 1.02. The maximum atomic E-state index is 15.5. The number of anilines is 1. The summed E-state index contributed by atoms with van der Waals surface area (Å²) in [6.07, 6.45) is 2.38. The lowest BCUT2D eigenvalue weighted by atomic mass is 10.0. The van der Waals surface area contributed by atoms with Crippen LogP contribution in [0.5, 0.6) is 0 Å². The van der Waals surface area contributed by atoms with Crippen molar-refractivity contribution >= 4 is 22.7 Å². The normalized spacial score (nSPS) is 19.5. The zero-order chi connectivity index (χ0) is 24.9. The van der Waals surface area contributed by atoms with Crippen molar-refractivity contribution in [2.75, 3.05) is 23.8 Å². The third kappa shape index (κ3) is 4.37. The first kappa shape index (κ1) is 24.1. The first-order valence-corrected chi connectivity index (χ1v) is 11.9. The number of aryl methyl sites for hydroxylation is 1. The Morgan fingerprint density at radius 3 is 2.56 bits per heavy atom. The summed E-state index contributed by atoms with van der Waals surface area (Å²) in [4.78, 5) is 39.7. The molecule has 1 aromatic heterocycles. The molecule has 2 heterocycles. The molecular weight excluding hydrogens is 441 g/mol. The number of carbonyl (C=O) groups is 1. The number of hydrogen-bond acceptors (Lipinski definition) is 6. The van der Waals surface area contributed by atoms with Crippen LogP contribution >= 0.6 is 0 Å². The Bertz CT molecular complexity index is 1240. The van der Waals surface area contributed by atoms with E-state index in [1.165, 1.54) is 6.07 Å². The summed E-state index contributed by atoms with van der Waals surface area (Å²) in [5, 5.41) is 3.02. The highest BCUT2D eigenvalue weighted by Crippen LogP contribution is 2.40. The first-order valence-electron chi connectivity index (χ1n) is 11.9. The number of benzene rings is 1. The number of nitrogen functional groups attached to an aromatic ring is 1. The Kier molecular flexibility index (Phi) is 6.12. The zero-order valence-corrected chi connectivity index (χ0v) is 20.5. The summed E-state index contributed by atoms with van der Waals surface area (Å²) in [5.41, 5.74) is -0.292. The van der Waals surface area contributed by atoms with Crippen LogP contribution in [0.4, 0.5) is 14.9 Å². The van der Waals surface area contributed by atoms with Crippen LogP contribution in [0.2, 0.25) is 0 Å². The second kappa shape index (κ2) is 8.63. The van der Waals surface area contributed by atoms with Gasteiger partial charge in [0.1, 0.15) is 11.4 Å². The molecule has 186 valence electrons. The van der Waals surface area contributed by atoms with E-state index in [9.17, 15) is 14.4 Å². The third-order valence-corrected chi connectivity index (χ3v) is 6.68. The summed E-state index contributed by atoms with van der Waals surface area (Å²) < 4.78 is 23.0. The minimum Gasteiger partial charge on any atom is -0.444 e. The van der Waals surface area contributed by atoms with Crippen molar-refractivity contribution in [1.29, 1.82) is 0 Å². The smallest absolute Gasteiger partial charge is 0.407 e. The SMILES string of the molecule is CCc1c(N2CC[C@@H]([C@H](C)NC(=O)OC(C)(C)C)C2)c(F)cc2c(=O)n(N)c(=O)n(C3CC3)c12. The van der Waals surface area contributed by atoms with E-state index in [0.717, 1.165) is 19.3 Å². The number of rotatable bonds is 5. The lowest BCUT2D eigenvalue weighted by Crippen LogP contribution is -2.45. The van der Waals surface area contributed by atoms with Crippen molar-refractivity contribution < 1.29 is 13.9 Å². The predicted octanol–water partition coefficient (Wildman–Crippen LogP) is 2.65. The molecule has 1 saturated heterocycles. The second-order valence-corrected chi connectivity index (χ2v) is 10.4. The molecule has 0 bridgehead atoms. The van der Waals surface area contributed by atoms with E-state index < -0.39 is 28.8 Å². The highest BCUT2D eigenvalue weighted by Gasteiger charge is 2.34. The second-order valence-electron chi connectivity index (χ2n) is 10.4. The van der Waals surface area contributed by atoms with Crippen LogP contribution in [-0.2, 0) is 11.2 Å². The van der Waals surface area contributed by atoms with Crippen LogP contribution in [-0.4, -0.2) is 40.1 Å². The number of carbonyl (C=O) groups excluding carboxylic acids is 1. The third-order valence-electron chi connectivity index (χ3n) is 6.68. The van der Waals surface area contributed by atoms with E-state index in [1.54, 1.807) is 4.57 Å². The lowest BCUT2D eigenvalue weighted by molar-refractivity contribution is 0.0494. The van der Waals surface area contributed by atoms with E-state index in [0.29, 0.717) is 41.0 Å². The molecule has 1 amide bonds. The molecule has 10 heteroatoms. The van der Waals surface area contributed by atoms with E-state index >= 15 is 4.39 Å². The molecular formula is C24H34FN5O4. The minimum absolute atomic E-state index is 0.0293. The molecule has 2 aliphatic rings. The number of nitrogens with one attached hydrogen (secondary N) is 1. The minimum atomic E-state index is -0.688. The quantitative estimate of drug-likeness (QED) is 0.643. The zero-order valence-electron chi connectivity index (χ0n) is 20.5. The number of amides is 1. The van der Waals surface area contributed by atoms with Crippen molar-refractivity contribution in [1.82, 2.24) is 14.6 Å². The van der Waals surface area contributed by atoms with Crippen LogP contribution in [0.25, 0.3) is 10.9 Å². The Labute approximate surface area is 197 Å². The van der Waals surface area contributed by atoms with Crippen LogP contribution in [0, 0.1) is 11.7 Å². The molecule has 9 nitrogen and oxygen atoms in total. The molecule has 34 heavy (non-hydrogen) atoms. The van der Waals surface area contributed by atoms with Gasteiger partial charge in [0, 0.05) is 30.7 Å². The molecule has 1 aromatic carbocycles. The fraction of sp³-hybridized carbons (Fsp3) is 0.625. The molecule has 0 unspecified atom stereocenters. The topological polar surface area (TPSA) is 112 Å². The van der Waals surface area contributed by atoms with Gasteiger partial charge in [0.2, 0.25) is 0 Å². The summed E-state index contributed by atoms with van der Waals surface area (Å²) in [6.45, 7) is 10.4. The average Bonchev–Trinajstić information content (AvgIpc) is 3.45. The number of nitrogens with two attached hydrogens (primary N) is 1. The summed E-state index contributed by atoms with van der Waals surface area (Å²) >= 11 is 0. The van der Waals surface area contributed by atoms with Gasteiger partial charge in [0.15, 0.2) is 0 Å². The van der Waals surface area contributed by atoms with Crippen molar-refractivity contribution in [2.24, 2.45) is 5.92 Å². The van der Waals surface area contributed by atoms with Gasteiger partial charge < -0.3 is 20.8 Å². The molecule has 0 radical (unpaired) electrons. The van der Waals surface area contributed by atoms with Crippen molar-refractivity contribution in [3.05, 3.63) is 38.3 Å². The predicted molar refractivity (Wildman–Crippen MR) is 129 cm³/mol. The molecule has 0 spiro atoms. The Balaban J connectivity index is 1.69. The van der Waals surface area contributed by atoms with Gasteiger partial charge in [-0.3, -0.25) is 9.36 Å². The summed E-state index contributed by atoms with van der Waals surface area (Å²) in [7, 11) is 0. The fourth-order valence-electron chi connectivity index (χ4n) is 4.91. The van der Waals surface area contributed by atoms with Gasteiger partial charge in [0.25, 0.3) is 5.56 Å². The van der Waals surface area contributed by atoms with E-state index in [2.05, 4.69) is 5.32 Å². The number of fused-ring (bicyclic) bond motifs is 1. The summed E-state index contributed by atoms with van der Waals surface area (Å²) in [5.74, 6) is 5.33.